The molecule has 8 nitrogen and oxygen atoms in total. The van der Waals surface area contributed by atoms with Gasteiger partial charge in [0.2, 0.25) is 11.8 Å². The van der Waals surface area contributed by atoms with Gasteiger partial charge in [-0.15, -0.1) is 0 Å². The number of amides is 4. The Morgan fingerprint density at radius 1 is 0.903 bits per heavy atom. The van der Waals surface area contributed by atoms with Gasteiger partial charge in [-0.1, -0.05) is 30.3 Å². The first-order valence-corrected chi connectivity index (χ1v) is 10.9. The number of hydrogen-bond donors (Lipinski definition) is 4. The van der Waals surface area contributed by atoms with Crippen LogP contribution in [0.5, 0.6) is 0 Å². The van der Waals surface area contributed by atoms with E-state index in [9.17, 15) is 14.4 Å². The Morgan fingerprint density at radius 3 is 2.29 bits per heavy atom. The average molecular weight is 488 g/mol. The molecule has 1 aliphatic heterocycles. The van der Waals surface area contributed by atoms with Crippen LogP contribution in [0.2, 0.25) is 0 Å². The Morgan fingerprint density at radius 2 is 1.58 bits per heavy atom. The van der Waals surface area contributed by atoms with Crippen LogP contribution in [0, 0.1) is 0 Å². The van der Waals surface area contributed by atoms with Gasteiger partial charge in [-0.25, -0.2) is 4.79 Å². The summed E-state index contributed by atoms with van der Waals surface area (Å²) in [5.41, 5.74) is 1.41. The second-order valence-corrected chi connectivity index (χ2v) is 8.17. The third kappa shape index (κ3) is 7.69. The number of piperidine rings is 1. The normalized spacial score (nSPS) is 14.5. The van der Waals surface area contributed by atoms with E-state index in [1.165, 1.54) is 0 Å². The predicted octanol–water partition coefficient (Wildman–Crippen LogP) is 2.79. The van der Waals surface area contributed by atoms with E-state index < -0.39 is 0 Å². The van der Waals surface area contributed by atoms with Crippen molar-refractivity contribution < 1.29 is 14.4 Å². The van der Waals surface area contributed by atoms with Crippen molar-refractivity contribution in [3.63, 3.8) is 0 Å². The van der Waals surface area contributed by atoms with Gasteiger partial charge in [0.05, 0.1) is 18.8 Å². The van der Waals surface area contributed by atoms with Gasteiger partial charge < -0.3 is 21.3 Å². The molecule has 1 heterocycles. The number of para-hydroxylation sites is 2. The summed E-state index contributed by atoms with van der Waals surface area (Å²) in [4.78, 5) is 38.3. The number of rotatable bonds is 7. The van der Waals surface area contributed by atoms with Gasteiger partial charge >= 0.3 is 6.03 Å². The van der Waals surface area contributed by atoms with Crippen LogP contribution < -0.4 is 21.3 Å². The number of carbonyl (C=O) groups is 3. The van der Waals surface area contributed by atoms with Gasteiger partial charge in [0.1, 0.15) is 0 Å². The topological polar surface area (TPSA) is 103 Å². The maximum Gasteiger partial charge on any atom is 0.319 e. The van der Waals surface area contributed by atoms with Crippen LogP contribution in [0.4, 0.5) is 16.2 Å². The molecule has 164 valence electrons. The maximum absolute atomic E-state index is 12.2. The first-order chi connectivity index (χ1) is 15.0. The smallest absolute Gasteiger partial charge is 0.319 e. The Bertz CT molecular complexity index is 901. The van der Waals surface area contributed by atoms with Crippen LogP contribution in [0.25, 0.3) is 0 Å². The number of urea groups is 1. The third-order valence-corrected chi connectivity index (χ3v) is 5.61. The fraction of sp³-hybridized carbons (Fsp3) is 0.318. The lowest BCUT2D eigenvalue weighted by Gasteiger charge is -2.31. The number of hydrogen-bond acceptors (Lipinski definition) is 4. The number of carbonyl (C=O) groups excluding carboxylic acids is 3. The van der Waals surface area contributed by atoms with Gasteiger partial charge in [-0.05, 0) is 53.0 Å². The van der Waals surface area contributed by atoms with Crippen molar-refractivity contribution in [1.29, 1.82) is 0 Å². The van der Waals surface area contributed by atoms with Crippen LogP contribution in [-0.2, 0) is 9.59 Å². The highest BCUT2D eigenvalue weighted by Gasteiger charge is 2.22. The first-order valence-electron chi connectivity index (χ1n) is 10.2. The van der Waals surface area contributed by atoms with Crippen LogP contribution in [0.3, 0.4) is 0 Å². The van der Waals surface area contributed by atoms with E-state index in [4.69, 9.17) is 0 Å². The Hall–Kier alpha value is -2.91. The zero-order valence-electron chi connectivity index (χ0n) is 17.1. The lowest BCUT2D eigenvalue weighted by molar-refractivity contribution is -0.125. The first kappa shape index (κ1) is 22.8. The highest BCUT2D eigenvalue weighted by Crippen LogP contribution is 2.20. The van der Waals surface area contributed by atoms with E-state index in [0.29, 0.717) is 18.8 Å². The largest absolute Gasteiger partial charge is 0.346 e. The summed E-state index contributed by atoms with van der Waals surface area (Å²) in [6.07, 6.45) is 1.52. The molecule has 1 aliphatic rings. The fourth-order valence-electron chi connectivity index (χ4n) is 3.30. The molecule has 1 fully saturated rings. The highest BCUT2D eigenvalue weighted by atomic mass is 79.9. The monoisotopic (exact) mass is 487 g/mol. The van der Waals surface area contributed by atoms with Crippen molar-refractivity contribution in [3.05, 3.63) is 59.1 Å². The minimum Gasteiger partial charge on any atom is -0.346 e. The zero-order chi connectivity index (χ0) is 22.1. The lowest BCUT2D eigenvalue weighted by Crippen LogP contribution is -2.48. The summed E-state index contributed by atoms with van der Waals surface area (Å²) in [5.74, 6) is -0.483. The molecule has 31 heavy (non-hydrogen) atoms. The molecule has 0 atom stereocenters. The van der Waals surface area contributed by atoms with Crippen LogP contribution in [0.1, 0.15) is 12.8 Å². The van der Waals surface area contributed by atoms with E-state index >= 15 is 0 Å². The summed E-state index contributed by atoms with van der Waals surface area (Å²) in [5, 5.41) is 11.2. The predicted molar refractivity (Wildman–Crippen MR) is 124 cm³/mol. The van der Waals surface area contributed by atoms with Crippen molar-refractivity contribution in [1.82, 2.24) is 15.5 Å². The number of halogens is 1. The standard InChI is InChI=1S/C22H26BrN5O3/c23-18-8-4-5-9-19(18)27-20(29)14-24-21(30)15-28-12-10-17(11-13-28)26-22(31)25-16-6-2-1-3-7-16/h1-9,17H,10-15H2,(H,24,30)(H,27,29)(H2,25,26,31). The molecule has 2 aromatic rings. The molecule has 0 saturated carbocycles. The van der Waals surface area contributed by atoms with Crippen molar-refractivity contribution in [2.45, 2.75) is 18.9 Å². The molecule has 0 spiro atoms. The van der Waals surface area contributed by atoms with Crippen molar-refractivity contribution in [2.24, 2.45) is 0 Å². The molecule has 3 rings (SSSR count). The molecule has 4 amide bonds. The zero-order valence-corrected chi connectivity index (χ0v) is 18.7. The van der Waals surface area contributed by atoms with Crippen LogP contribution >= 0.6 is 15.9 Å². The fourth-order valence-corrected chi connectivity index (χ4v) is 3.69. The molecule has 0 bridgehead atoms. The van der Waals surface area contributed by atoms with E-state index in [-0.39, 0.29) is 37.0 Å². The highest BCUT2D eigenvalue weighted by molar-refractivity contribution is 9.10. The van der Waals surface area contributed by atoms with Gasteiger partial charge in [0.25, 0.3) is 0 Å². The molecule has 4 N–H and O–H groups in total. The SMILES string of the molecule is O=C(CN1CCC(NC(=O)Nc2ccccc2)CC1)NCC(=O)Nc1ccccc1Br. The van der Waals surface area contributed by atoms with Crippen molar-refractivity contribution in [3.8, 4) is 0 Å². The summed E-state index contributed by atoms with van der Waals surface area (Å²) >= 11 is 3.37. The van der Waals surface area contributed by atoms with Gasteiger partial charge in [0, 0.05) is 29.3 Å². The number of nitrogens with one attached hydrogen (secondary N) is 4. The summed E-state index contributed by atoms with van der Waals surface area (Å²) in [6.45, 7) is 1.54. The minimum absolute atomic E-state index is 0.0677. The van der Waals surface area contributed by atoms with Gasteiger partial charge in [-0.3, -0.25) is 14.5 Å². The second kappa shape index (κ2) is 11.5. The molecule has 1 saturated heterocycles. The molecular formula is C22H26BrN5O3. The average Bonchev–Trinajstić information content (AvgIpc) is 2.76. The molecular weight excluding hydrogens is 462 g/mol. The molecule has 0 radical (unpaired) electrons. The van der Waals surface area contributed by atoms with Crippen LogP contribution in [-0.4, -0.2) is 55.0 Å². The molecule has 2 aromatic carbocycles. The lowest BCUT2D eigenvalue weighted by atomic mass is 10.1. The van der Waals surface area contributed by atoms with Crippen molar-refractivity contribution in [2.75, 3.05) is 36.8 Å². The van der Waals surface area contributed by atoms with E-state index in [1.54, 1.807) is 6.07 Å². The van der Waals surface area contributed by atoms with E-state index in [2.05, 4.69) is 37.2 Å². The summed E-state index contributed by atoms with van der Waals surface area (Å²) < 4.78 is 0.781. The number of benzene rings is 2. The number of anilines is 2. The van der Waals surface area contributed by atoms with E-state index in [0.717, 1.165) is 23.0 Å². The minimum atomic E-state index is -0.285. The van der Waals surface area contributed by atoms with E-state index in [1.807, 2.05) is 53.4 Å². The Labute approximate surface area is 189 Å². The Balaban J connectivity index is 1.32. The molecule has 0 unspecified atom stereocenters. The van der Waals surface area contributed by atoms with Gasteiger partial charge in [0.15, 0.2) is 0 Å². The number of nitrogens with zero attached hydrogens (tertiary/aromatic N) is 1. The van der Waals surface area contributed by atoms with Gasteiger partial charge in [-0.2, -0.15) is 0 Å². The Kier molecular flexibility index (Phi) is 8.43. The summed E-state index contributed by atoms with van der Waals surface area (Å²) in [7, 11) is 0. The quantitative estimate of drug-likeness (QED) is 0.482. The summed E-state index contributed by atoms with van der Waals surface area (Å²) in [6, 6.07) is 16.4. The molecule has 0 aromatic heterocycles. The van der Waals surface area contributed by atoms with Crippen molar-refractivity contribution >= 4 is 45.2 Å². The molecule has 9 heteroatoms. The number of likely N-dealkylation sites (tertiary alicyclic amines) is 1. The third-order valence-electron chi connectivity index (χ3n) is 4.92. The van der Waals surface area contributed by atoms with Crippen LogP contribution in [0.15, 0.2) is 59.1 Å². The maximum atomic E-state index is 12.2. The second-order valence-electron chi connectivity index (χ2n) is 7.32. The molecule has 0 aliphatic carbocycles.